The molecule has 1 aromatic carbocycles. The van der Waals surface area contributed by atoms with Crippen LogP contribution in [-0.2, 0) is 6.54 Å². The third-order valence-corrected chi connectivity index (χ3v) is 3.74. The molecule has 0 bridgehead atoms. The maximum atomic E-state index is 12.0. The van der Waals surface area contributed by atoms with E-state index in [1.165, 1.54) is 11.5 Å². The number of aryl methyl sites for hydroxylation is 1. The van der Waals surface area contributed by atoms with Crippen LogP contribution < -0.4 is 10.3 Å². The minimum Gasteiger partial charge on any atom is -0.495 e. The van der Waals surface area contributed by atoms with E-state index in [1.54, 1.807) is 7.11 Å². The molecule has 0 atom stereocenters. The zero-order valence-electron chi connectivity index (χ0n) is 9.53. The minimum atomic E-state index is 0.104. The van der Waals surface area contributed by atoms with E-state index in [0.29, 0.717) is 0 Å². The number of nitrogens with zero attached hydrogens (tertiary/aromatic N) is 1. The number of hydrogen-bond acceptors (Lipinski definition) is 3. The average molecular weight is 237 g/mol. The van der Waals surface area contributed by atoms with Gasteiger partial charge in [-0.2, -0.15) is 0 Å². The van der Waals surface area contributed by atoms with Crippen molar-refractivity contribution in [3.8, 4) is 5.75 Å². The highest BCUT2D eigenvalue weighted by molar-refractivity contribution is 7.14. The lowest BCUT2D eigenvalue weighted by Gasteiger charge is -1.98. The number of rotatable bonds is 4. The lowest BCUT2D eigenvalue weighted by Crippen LogP contribution is -2.12. The monoisotopic (exact) mass is 237 g/mol. The van der Waals surface area contributed by atoms with Crippen molar-refractivity contribution in [1.29, 1.82) is 0 Å². The highest BCUT2D eigenvalue weighted by Crippen LogP contribution is 2.27. The molecule has 1 aromatic heterocycles. The molecular formula is C12H15NO2S. The number of aromatic nitrogens is 1. The molecule has 0 saturated heterocycles. The molecule has 4 heteroatoms. The zero-order chi connectivity index (χ0) is 11.5. The molecule has 0 unspecified atom stereocenters. The van der Waals surface area contributed by atoms with Crippen LogP contribution >= 0.6 is 11.5 Å². The molecule has 0 fully saturated rings. The van der Waals surface area contributed by atoms with Crippen LogP contribution in [-0.4, -0.2) is 11.1 Å². The number of hydrogen-bond donors (Lipinski definition) is 0. The Morgan fingerprint density at radius 3 is 2.94 bits per heavy atom. The number of fused-ring (bicyclic) bond motifs is 1. The first-order valence-corrected chi connectivity index (χ1v) is 6.22. The second-order valence-electron chi connectivity index (χ2n) is 3.69. The van der Waals surface area contributed by atoms with Crippen molar-refractivity contribution < 1.29 is 4.74 Å². The Kier molecular flexibility index (Phi) is 3.29. The Bertz CT molecular complexity index is 541. The van der Waals surface area contributed by atoms with Crippen molar-refractivity contribution in [2.75, 3.05) is 7.11 Å². The summed E-state index contributed by atoms with van der Waals surface area (Å²) in [6, 6.07) is 5.61. The molecule has 3 nitrogen and oxygen atoms in total. The third kappa shape index (κ3) is 1.85. The van der Waals surface area contributed by atoms with Crippen molar-refractivity contribution in [3.63, 3.8) is 0 Å². The first-order valence-electron chi connectivity index (χ1n) is 5.44. The summed E-state index contributed by atoms with van der Waals surface area (Å²) in [5.41, 5.74) is 0.104. The van der Waals surface area contributed by atoms with E-state index in [-0.39, 0.29) is 5.56 Å². The Morgan fingerprint density at radius 1 is 1.44 bits per heavy atom. The van der Waals surface area contributed by atoms with Crippen LogP contribution in [0.1, 0.15) is 19.8 Å². The molecule has 16 heavy (non-hydrogen) atoms. The quantitative estimate of drug-likeness (QED) is 0.818. The van der Waals surface area contributed by atoms with Crippen LogP contribution in [0.15, 0.2) is 23.0 Å². The van der Waals surface area contributed by atoms with Crippen LogP contribution in [0, 0.1) is 0 Å². The van der Waals surface area contributed by atoms with E-state index in [9.17, 15) is 4.79 Å². The fourth-order valence-corrected chi connectivity index (χ4v) is 2.79. The van der Waals surface area contributed by atoms with Crippen molar-refractivity contribution in [3.05, 3.63) is 28.6 Å². The van der Waals surface area contributed by atoms with Gasteiger partial charge in [0.05, 0.1) is 17.2 Å². The van der Waals surface area contributed by atoms with Gasteiger partial charge in [0.25, 0.3) is 5.56 Å². The average Bonchev–Trinajstić information content (AvgIpc) is 2.64. The molecule has 86 valence electrons. The Morgan fingerprint density at radius 2 is 2.25 bits per heavy atom. The SMILES string of the molecule is CCCCn1sc2c(OC)cccc2c1=O. The summed E-state index contributed by atoms with van der Waals surface area (Å²) in [6.07, 6.45) is 2.13. The van der Waals surface area contributed by atoms with Crippen molar-refractivity contribution in [1.82, 2.24) is 3.96 Å². The van der Waals surface area contributed by atoms with Gasteiger partial charge in [0, 0.05) is 6.54 Å². The first-order chi connectivity index (χ1) is 7.77. The highest BCUT2D eigenvalue weighted by atomic mass is 32.1. The number of ether oxygens (including phenoxy) is 1. The number of unbranched alkanes of at least 4 members (excludes halogenated alkanes) is 1. The largest absolute Gasteiger partial charge is 0.495 e. The molecule has 0 aliphatic rings. The summed E-state index contributed by atoms with van der Waals surface area (Å²) < 4.78 is 8.02. The van der Waals surface area contributed by atoms with Crippen LogP contribution in [0.4, 0.5) is 0 Å². The van der Waals surface area contributed by atoms with Crippen molar-refractivity contribution in [2.45, 2.75) is 26.3 Å². The maximum absolute atomic E-state index is 12.0. The van der Waals surface area contributed by atoms with Crippen molar-refractivity contribution in [2.24, 2.45) is 0 Å². The first kappa shape index (κ1) is 11.2. The summed E-state index contributed by atoms with van der Waals surface area (Å²) in [4.78, 5) is 12.0. The molecule has 1 heterocycles. The van der Waals surface area contributed by atoms with E-state index in [1.807, 2.05) is 22.2 Å². The molecule has 0 radical (unpaired) electrons. The van der Waals surface area contributed by atoms with Gasteiger partial charge in [0.1, 0.15) is 5.75 Å². The lowest BCUT2D eigenvalue weighted by molar-refractivity contribution is 0.420. The highest BCUT2D eigenvalue weighted by Gasteiger charge is 2.10. The predicted octanol–water partition coefficient (Wildman–Crippen LogP) is 2.87. The molecule has 0 spiro atoms. The van der Waals surface area contributed by atoms with Gasteiger partial charge in [-0.3, -0.25) is 8.75 Å². The van der Waals surface area contributed by atoms with E-state index >= 15 is 0 Å². The van der Waals surface area contributed by atoms with Crippen molar-refractivity contribution >= 4 is 21.6 Å². The molecule has 0 aliphatic heterocycles. The van der Waals surface area contributed by atoms with Gasteiger partial charge < -0.3 is 4.74 Å². The Balaban J connectivity index is 2.54. The van der Waals surface area contributed by atoms with Crippen LogP contribution in [0.2, 0.25) is 0 Å². The van der Waals surface area contributed by atoms with Gasteiger partial charge in [-0.25, -0.2) is 0 Å². The molecule has 0 N–H and O–H groups in total. The van der Waals surface area contributed by atoms with Gasteiger partial charge in [0.2, 0.25) is 0 Å². The smallest absolute Gasteiger partial charge is 0.268 e. The van der Waals surface area contributed by atoms with Crippen LogP contribution in [0.5, 0.6) is 5.75 Å². The van der Waals surface area contributed by atoms with Gasteiger partial charge in [0.15, 0.2) is 0 Å². The van der Waals surface area contributed by atoms with E-state index in [2.05, 4.69) is 6.92 Å². The van der Waals surface area contributed by atoms with E-state index in [0.717, 1.165) is 35.2 Å². The van der Waals surface area contributed by atoms with E-state index in [4.69, 9.17) is 4.74 Å². The maximum Gasteiger partial charge on any atom is 0.268 e. The topological polar surface area (TPSA) is 31.2 Å². The lowest BCUT2D eigenvalue weighted by atomic mass is 10.2. The van der Waals surface area contributed by atoms with Crippen LogP contribution in [0.25, 0.3) is 10.1 Å². The summed E-state index contributed by atoms with van der Waals surface area (Å²) in [5.74, 6) is 0.787. The molecule has 2 rings (SSSR count). The molecule has 0 amide bonds. The summed E-state index contributed by atoms with van der Waals surface area (Å²) in [7, 11) is 1.63. The number of benzene rings is 1. The fourth-order valence-electron chi connectivity index (χ4n) is 1.67. The Labute approximate surface area is 98.4 Å². The predicted molar refractivity (Wildman–Crippen MR) is 67.5 cm³/mol. The fraction of sp³-hybridized carbons (Fsp3) is 0.417. The summed E-state index contributed by atoms with van der Waals surface area (Å²) in [5, 5.41) is 0.764. The van der Waals surface area contributed by atoms with Crippen LogP contribution in [0.3, 0.4) is 0 Å². The molecule has 0 saturated carbocycles. The van der Waals surface area contributed by atoms with E-state index < -0.39 is 0 Å². The summed E-state index contributed by atoms with van der Waals surface area (Å²) >= 11 is 1.49. The zero-order valence-corrected chi connectivity index (χ0v) is 10.3. The molecule has 0 aliphatic carbocycles. The van der Waals surface area contributed by atoms with Gasteiger partial charge in [-0.05, 0) is 18.6 Å². The number of methoxy groups -OCH3 is 1. The summed E-state index contributed by atoms with van der Waals surface area (Å²) in [6.45, 7) is 2.93. The van der Waals surface area contributed by atoms with Gasteiger partial charge in [-0.1, -0.05) is 30.9 Å². The normalized spacial score (nSPS) is 10.9. The second-order valence-corrected chi connectivity index (χ2v) is 4.72. The Hall–Kier alpha value is -1.29. The van der Waals surface area contributed by atoms with Gasteiger partial charge >= 0.3 is 0 Å². The minimum absolute atomic E-state index is 0.104. The standard InChI is InChI=1S/C12H15NO2S/c1-3-4-8-13-12(14)9-6-5-7-10(15-2)11(9)16-13/h5-7H,3-4,8H2,1-2H3. The third-order valence-electron chi connectivity index (χ3n) is 2.57. The second kappa shape index (κ2) is 4.70. The molecule has 2 aromatic rings. The van der Waals surface area contributed by atoms with Gasteiger partial charge in [-0.15, -0.1) is 0 Å². The molecular weight excluding hydrogens is 222 g/mol.